The van der Waals surface area contributed by atoms with Gasteiger partial charge in [-0.3, -0.25) is 0 Å². The first-order valence-electron chi connectivity index (χ1n) is 9.81. The molecule has 1 aliphatic rings. The number of hydrogen-bond donors (Lipinski definition) is 2. The van der Waals surface area contributed by atoms with Gasteiger partial charge in [-0.05, 0) is 41.0 Å². The van der Waals surface area contributed by atoms with Crippen molar-refractivity contribution in [3.8, 4) is 11.1 Å². The monoisotopic (exact) mass is 502 g/mol. The van der Waals surface area contributed by atoms with Crippen molar-refractivity contribution >= 4 is 29.9 Å². The Morgan fingerprint density at radius 3 is 2.62 bits per heavy atom. The SMILES string of the molecule is I.NC(=NCc1ccccc1-c1ccc(Cn2cncn2)cc1)NCC1CCC1. The maximum absolute atomic E-state index is 6.05. The summed E-state index contributed by atoms with van der Waals surface area (Å²) in [4.78, 5) is 8.53. The van der Waals surface area contributed by atoms with Crippen molar-refractivity contribution < 1.29 is 0 Å². The summed E-state index contributed by atoms with van der Waals surface area (Å²) in [6, 6.07) is 16.9. The summed E-state index contributed by atoms with van der Waals surface area (Å²) >= 11 is 0. The highest BCUT2D eigenvalue weighted by Crippen LogP contribution is 2.26. The zero-order chi connectivity index (χ0) is 19.2. The van der Waals surface area contributed by atoms with Crippen LogP contribution in [0, 0.1) is 5.92 Å². The van der Waals surface area contributed by atoms with Crippen molar-refractivity contribution in [2.45, 2.75) is 32.4 Å². The predicted molar refractivity (Wildman–Crippen MR) is 127 cm³/mol. The van der Waals surface area contributed by atoms with Crippen LogP contribution in [0.2, 0.25) is 0 Å². The van der Waals surface area contributed by atoms with E-state index >= 15 is 0 Å². The molecule has 4 rings (SSSR count). The van der Waals surface area contributed by atoms with Gasteiger partial charge in [-0.2, -0.15) is 5.10 Å². The topological polar surface area (TPSA) is 81.1 Å². The molecule has 0 amide bonds. The minimum absolute atomic E-state index is 0. The third kappa shape index (κ3) is 5.79. The number of benzene rings is 2. The van der Waals surface area contributed by atoms with Crippen molar-refractivity contribution in [3.63, 3.8) is 0 Å². The van der Waals surface area contributed by atoms with E-state index in [-0.39, 0.29) is 24.0 Å². The lowest BCUT2D eigenvalue weighted by atomic mass is 9.85. The molecule has 7 heteroatoms. The van der Waals surface area contributed by atoms with Gasteiger partial charge in [0.05, 0.1) is 13.1 Å². The second kappa shape index (κ2) is 10.4. The summed E-state index contributed by atoms with van der Waals surface area (Å²) < 4.78 is 1.82. The average Bonchev–Trinajstić information content (AvgIpc) is 3.19. The maximum atomic E-state index is 6.05. The lowest BCUT2D eigenvalue weighted by Gasteiger charge is -2.25. The van der Waals surface area contributed by atoms with E-state index in [0.717, 1.165) is 19.0 Å². The van der Waals surface area contributed by atoms with Crippen LogP contribution in [0.1, 0.15) is 30.4 Å². The number of nitrogens with two attached hydrogens (primary N) is 1. The molecule has 0 radical (unpaired) electrons. The van der Waals surface area contributed by atoms with Gasteiger partial charge in [-0.15, -0.1) is 24.0 Å². The van der Waals surface area contributed by atoms with Crippen LogP contribution in [-0.4, -0.2) is 27.3 Å². The van der Waals surface area contributed by atoms with Gasteiger partial charge in [0.1, 0.15) is 12.7 Å². The fraction of sp³-hybridized carbons (Fsp3) is 0.318. The Morgan fingerprint density at radius 1 is 1.14 bits per heavy atom. The summed E-state index contributed by atoms with van der Waals surface area (Å²) in [7, 11) is 0. The number of aliphatic imine (C=N–C) groups is 1. The Balaban J connectivity index is 0.00000240. The van der Waals surface area contributed by atoms with E-state index in [0.29, 0.717) is 12.5 Å². The van der Waals surface area contributed by atoms with Crippen molar-refractivity contribution in [1.29, 1.82) is 0 Å². The molecule has 1 aromatic heterocycles. The van der Waals surface area contributed by atoms with Gasteiger partial charge in [0.2, 0.25) is 0 Å². The van der Waals surface area contributed by atoms with Crippen LogP contribution in [0.15, 0.2) is 66.2 Å². The first-order chi connectivity index (χ1) is 13.8. The van der Waals surface area contributed by atoms with Gasteiger partial charge in [0, 0.05) is 6.54 Å². The quantitative estimate of drug-likeness (QED) is 0.293. The molecule has 2 aromatic carbocycles. The van der Waals surface area contributed by atoms with Crippen molar-refractivity contribution in [2.24, 2.45) is 16.6 Å². The number of hydrogen-bond acceptors (Lipinski definition) is 3. The molecular formula is C22H27IN6. The highest BCUT2D eigenvalue weighted by molar-refractivity contribution is 14.0. The van der Waals surface area contributed by atoms with E-state index < -0.39 is 0 Å². The number of rotatable bonds is 7. The van der Waals surface area contributed by atoms with E-state index in [1.807, 2.05) is 10.7 Å². The summed E-state index contributed by atoms with van der Waals surface area (Å²) in [5.41, 5.74) is 10.8. The number of aromatic nitrogens is 3. The van der Waals surface area contributed by atoms with E-state index in [1.54, 1.807) is 12.7 Å². The van der Waals surface area contributed by atoms with Crippen LogP contribution in [0.5, 0.6) is 0 Å². The summed E-state index contributed by atoms with van der Waals surface area (Å²) in [6.07, 6.45) is 7.23. The molecule has 0 spiro atoms. The third-order valence-corrected chi connectivity index (χ3v) is 5.31. The number of halogens is 1. The Morgan fingerprint density at radius 2 is 1.93 bits per heavy atom. The molecule has 1 heterocycles. The zero-order valence-corrected chi connectivity index (χ0v) is 18.7. The van der Waals surface area contributed by atoms with Crippen molar-refractivity contribution in [3.05, 3.63) is 72.3 Å². The highest BCUT2D eigenvalue weighted by Gasteiger charge is 2.16. The molecule has 3 aromatic rings. The molecule has 0 unspecified atom stereocenters. The van der Waals surface area contributed by atoms with E-state index in [1.165, 1.54) is 41.5 Å². The second-order valence-corrected chi connectivity index (χ2v) is 7.33. The minimum Gasteiger partial charge on any atom is -0.370 e. The fourth-order valence-electron chi connectivity index (χ4n) is 3.40. The Kier molecular flexibility index (Phi) is 7.62. The smallest absolute Gasteiger partial charge is 0.188 e. The van der Waals surface area contributed by atoms with E-state index in [9.17, 15) is 0 Å². The zero-order valence-electron chi connectivity index (χ0n) is 16.4. The molecule has 0 aliphatic heterocycles. The lowest BCUT2D eigenvalue weighted by Crippen LogP contribution is -2.37. The van der Waals surface area contributed by atoms with Gasteiger partial charge in [0.15, 0.2) is 5.96 Å². The van der Waals surface area contributed by atoms with E-state index in [2.05, 4.69) is 62.9 Å². The Labute approximate surface area is 188 Å². The Hall–Kier alpha value is -2.42. The fourth-order valence-corrected chi connectivity index (χ4v) is 3.40. The molecule has 3 N–H and O–H groups in total. The van der Waals surface area contributed by atoms with Crippen LogP contribution in [0.4, 0.5) is 0 Å². The highest BCUT2D eigenvalue weighted by atomic mass is 127. The van der Waals surface area contributed by atoms with E-state index in [4.69, 9.17) is 5.73 Å². The molecule has 0 saturated heterocycles. The Bertz CT molecular complexity index is 917. The molecule has 1 fully saturated rings. The molecule has 6 nitrogen and oxygen atoms in total. The minimum atomic E-state index is 0. The van der Waals surface area contributed by atoms with Gasteiger partial charge in [0.25, 0.3) is 0 Å². The van der Waals surface area contributed by atoms with Crippen LogP contribution >= 0.6 is 24.0 Å². The first-order valence-corrected chi connectivity index (χ1v) is 9.81. The van der Waals surface area contributed by atoms with Crippen LogP contribution < -0.4 is 11.1 Å². The normalized spacial score (nSPS) is 14.1. The number of nitrogens with one attached hydrogen (secondary N) is 1. The average molecular weight is 502 g/mol. The van der Waals surface area contributed by atoms with Crippen LogP contribution in [-0.2, 0) is 13.1 Å². The molecule has 0 atom stereocenters. The summed E-state index contributed by atoms with van der Waals surface area (Å²) in [5, 5.41) is 7.41. The van der Waals surface area contributed by atoms with Crippen molar-refractivity contribution in [1.82, 2.24) is 20.1 Å². The number of guanidine groups is 1. The van der Waals surface area contributed by atoms with Gasteiger partial charge in [-0.1, -0.05) is 55.0 Å². The molecule has 1 saturated carbocycles. The molecule has 1 aliphatic carbocycles. The molecular weight excluding hydrogens is 475 g/mol. The third-order valence-electron chi connectivity index (χ3n) is 5.31. The van der Waals surface area contributed by atoms with Gasteiger partial charge < -0.3 is 11.1 Å². The van der Waals surface area contributed by atoms with Crippen molar-refractivity contribution in [2.75, 3.05) is 6.54 Å². The standard InChI is InChI=1S/C22H26N6.HI/c23-22(25-12-17-4-3-5-17)26-13-20-6-1-2-7-21(20)19-10-8-18(9-11-19)14-28-16-24-15-27-28;/h1-2,6-11,15-17H,3-5,12-14H2,(H3,23,25,26);1H. The van der Waals surface area contributed by atoms with Gasteiger partial charge in [-0.25, -0.2) is 14.7 Å². The molecule has 152 valence electrons. The molecule has 0 bridgehead atoms. The summed E-state index contributed by atoms with van der Waals surface area (Å²) in [6.45, 7) is 2.22. The lowest BCUT2D eigenvalue weighted by molar-refractivity contribution is 0.315. The van der Waals surface area contributed by atoms with Gasteiger partial charge >= 0.3 is 0 Å². The van der Waals surface area contributed by atoms with Crippen LogP contribution in [0.25, 0.3) is 11.1 Å². The van der Waals surface area contributed by atoms with Crippen LogP contribution in [0.3, 0.4) is 0 Å². The number of nitrogens with zero attached hydrogens (tertiary/aromatic N) is 4. The largest absolute Gasteiger partial charge is 0.370 e. The molecule has 29 heavy (non-hydrogen) atoms. The predicted octanol–water partition coefficient (Wildman–Crippen LogP) is 3.82. The maximum Gasteiger partial charge on any atom is 0.188 e. The first kappa shape index (κ1) is 21.3. The summed E-state index contributed by atoms with van der Waals surface area (Å²) in [5.74, 6) is 1.29. The second-order valence-electron chi connectivity index (χ2n) is 7.33.